The van der Waals surface area contributed by atoms with Gasteiger partial charge in [0.25, 0.3) is 0 Å². The topological polar surface area (TPSA) is 85.3 Å². The number of aryl methyl sites for hydroxylation is 1. The van der Waals surface area contributed by atoms with E-state index in [9.17, 15) is 14.7 Å². The summed E-state index contributed by atoms with van der Waals surface area (Å²) in [4.78, 5) is 26.1. The van der Waals surface area contributed by atoms with E-state index in [1.54, 1.807) is 36.1 Å². The molecule has 0 unspecified atom stereocenters. The summed E-state index contributed by atoms with van der Waals surface area (Å²) in [5, 5.41) is 11.7. The molecule has 1 aliphatic heterocycles. The SMILES string of the molecule is COC(=O)C1=C(C(=O)OC)N(c2cccc3c(O)c(C)ccc23)COC1. The number of hydrogen-bond acceptors (Lipinski definition) is 7. The van der Waals surface area contributed by atoms with Crippen LogP contribution in [0, 0.1) is 6.92 Å². The first-order valence-electron chi connectivity index (χ1n) is 7.96. The number of carbonyl (C=O) groups excluding carboxylic acids is 2. The molecular weight excluding hydrogens is 338 g/mol. The van der Waals surface area contributed by atoms with Crippen LogP contribution in [0.3, 0.4) is 0 Å². The summed E-state index contributed by atoms with van der Waals surface area (Å²) in [5.74, 6) is -1.16. The second-order valence-corrected chi connectivity index (χ2v) is 5.82. The average Bonchev–Trinajstić information content (AvgIpc) is 2.68. The van der Waals surface area contributed by atoms with Crippen molar-refractivity contribution in [2.75, 3.05) is 32.5 Å². The Morgan fingerprint density at radius 3 is 2.50 bits per heavy atom. The van der Waals surface area contributed by atoms with Gasteiger partial charge in [0, 0.05) is 10.8 Å². The quantitative estimate of drug-likeness (QED) is 0.843. The first-order chi connectivity index (χ1) is 12.5. The number of benzene rings is 2. The molecule has 0 amide bonds. The van der Waals surface area contributed by atoms with Gasteiger partial charge in [0.05, 0.1) is 32.1 Å². The van der Waals surface area contributed by atoms with Crippen LogP contribution in [0.25, 0.3) is 10.8 Å². The first kappa shape index (κ1) is 17.8. The zero-order valence-corrected chi connectivity index (χ0v) is 14.7. The third-order valence-electron chi connectivity index (χ3n) is 4.34. The predicted molar refractivity (Wildman–Crippen MR) is 94.7 cm³/mol. The van der Waals surface area contributed by atoms with Crippen LogP contribution >= 0.6 is 0 Å². The number of carbonyl (C=O) groups is 2. The van der Waals surface area contributed by atoms with Crippen LogP contribution in [0.1, 0.15) is 5.56 Å². The Hall–Kier alpha value is -3.06. The molecule has 1 N–H and O–H groups in total. The number of anilines is 1. The van der Waals surface area contributed by atoms with E-state index in [2.05, 4.69) is 0 Å². The number of methoxy groups -OCH3 is 2. The molecular formula is C19H19NO6. The Kier molecular flexibility index (Phi) is 4.81. The predicted octanol–water partition coefficient (Wildman–Crippen LogP) is 2.25. The maximum Gasteiger partial charge on any atom is 0.355 e. The largest absolute Gasteiger partial charge is 0.507 e. The number of aromatic hydroxyl groups is 1. The van der Waals surface area contributed by atoms with Crippen LogP contribution < -0.4 is 4.90 Å². The Morgan fingerprint density at radius 1 is 1.08 bits per heavy atom. The van der Waals surface area contributed by atoms with E-state index >= 15 is 0 Å². The number of fused-ring (bicyclic) bond motifs is 1. The highest BCUT2D eigenvalue weighted by Crippen LogP contribution is 2.37. The van der Waals surface area contributed by atoms with Crippen molar-refractivity contribution in [1.29, 1.82) is 0 Å². The molecule has 1 heterocycles. The molecule has 0 saturated heterocycles. The van der Waals surface area contributed by atoms with E-state index in [-0.39, 0.29) is 30.4 Å². The zero-order valence-electron chi connectivity index (χ0n) is 14.7. The molecule has 2 aromatic carbocycles. The molecule has 0 bridgehead atoms. The van der Waals surface area contributed by atoms with Gasteiger partial charge in [0.15, 0.2) is 0 Å². The number of phenols is 1. The lowest BCUT2D eigenvalue weighted by Gasteiger charge is -2.32. The van der Waals surface area contributed by atoms with Gasteiger partial charge in [0.2, 0.25) is 0 Å². The molecule has 0 atom stereocenters. The lowest BCUT2D eigenvalue weighted by molar-refractivity contribution is -0.140. The van der Waals surface area contributed by atoms with Crippen LogP contribution in [0.5, 0.6) is 5.75 Å². The van der Waals surface area contributed by atoms with Crippen LogP contribution in [0.15, 0.2) is 41.6 Å². The van der Waals surface area contributed by atoms with Crippen molar-refractivity contribution in [2.45, 2.75) is 6.92 Å². The van der Waals surface area contributed by atoms with Crippen LogP contribution in [-0.2, 0) is 23.8 Å². The molecule has 1 aliphatic rings. The Balaban J connectivity index is 2.25. The number of ether oxygens (including phenoxy) is 3. The molecule has 26 heavy (non-hydrogen) atoms. The third kappa shape index (κ3) is 2.86. The highest BCUT2D eigenvalue weighted by atomic mass is 16.5. The molecule has 7 heteroatoms. The van der Waals surface area contributed by atoms with Crippen LogP contribution in [0.2, 0.25) is 0 Å². The molecule has 0 radical (unpaired) electrons. The van der Waals surface area contributed by atoms with Gasteiger partial charge in [-0.15, -0.1) is 0 Å². The van der Waals surface area contributed by atoms with Gasteiger partial charge in [-0.05, 0) is 18.6 Å². The normalized spacial score (nSPS) is 14.5. The van der Waals surface area contributed by atoms with Crippen molar-refractivity contribution >= 4 is 28.4 Å². The van der Waals surface area contributed by atoms with Gasteiger partial charge in [-0.2, -0.15) is 0 Å². The lowest BCUT2D eigenvalue weighted by atomic mass is 10.0. The second kappa shape index (κ2) is 7.05. The molecule has 0 fully saturated rings. The standard InChI is InChI=1S/C19H19NO6/c1-11-7-8-12-13(17(11)21)5-4-6-15(12)20-10-26-9-14(18(22)24-2)16(20)19(23)25-3/h4-8,21H,9-10H2,1-3H3. The summed E-state index contributed by atoms with van der Waals surface area (Å²) in [5.41, 5.74) is 1.50. The number of hydrogen-bond donors (Lipinski definition) is 1. The van der Waals surface area contributed by atoms with E-state index < -0.39 is 11.9 Å². The summed E-state index contributed by atoms with van der Waals surface area (Å²) in [6.45, 7) is 1.81. The summed E-state index contributed by atoms with van der Waals surface area (Å²) in [6, 6.07) is 8.96. The molecule has 0 aromatic heterocycles. The molecule has 136 valence electrons. The van der Waals surface area contributed by atoms with Crippen LogP contribution in [-0.4, -0.2) is 44.6 Å². The van der Waals surface area contributed by atoms with Gasteiger partial charge in [0.1, 0.15) is 18.2 Å². The minimum atomic E-state index is -0.665. The lowest BCUT2D eigenvalue weighted by Crippen LogP contribution is -2.38. The fourth-order valence-electron chi connectivity index (χ4n) is 3.00. The highest BCUT2D eigenvalue weighted by molar-refractivity contribution is 6.06. The van der Waals surface area contributed by atoms with E-state index in [1.807, 2.05) is 6.07 Å². The number of phenolic OH excluding ortho intramolecular Hbond substituents is 1. The Labute approximate surface area is 150 Å². The van der Waals surface area contributed by atoms with Crippen molar-refractivity contribution in [2.24, 2.45) is 0 Å². The fourth-order valence-corrected chi connectivity index (χ4v) is 3.00. The molecule has 7 nitrogen and oxygen atoms in total. The molecule has 0 aliphatic carbocycles. The van der Waals surface area contributed by atoms with Gasteiger partial charge in [-0.3, -0.25) is 0 Å². The van der Waals surface area contributed by atoms with E-state index in [0.29, 0.717) is 16.5 Å². The summed E-state index contributed by atoms with van der Waals surface area (Å²) < 4.78 is 15.1. The van der Waals surface area contributed by atoms with Crippen molar-refractivity contribution < 1.29 is 28.9 Å². The second-order valence-electron chi connectivity index (χ2n) is 5.82. The van der Waals surface area contributed by atoms with Crippen molar-refractivity contribution in [3.63, 3.8) is 0 Å². The number of rotatable bonds is 3. The van der Waals surface area contributed by atoms with Gasteiger partial charge in [-0.1, -0.05) is 24.3 Å². The molecule has 0 spiro atoms. The van der Waals surface area contributed by atoms with E-state index in [4.69, 9.17) is 14.2 Å². The van der Waals surface area contributed by atoms with Gasteiger partial charge < -0.3 is 24.2 Å². The van der Waals surface area contributed by atoms with Crippen molar-refractivity contribution in [1.82, 2.24) is 0 Å². The monoisotopic (exact) mass is 357 g/mol. The Bertz CT molecular complexity index is 918. The highest BCUT2D eigenvalue weighted by Gasteiger charge is 2.33. The third-order valence-corrected chi connectivity index (χ3v) is 4.34. The van der Waals surface area contributed by atoms with E-state index in [0.717, 1.165) is 5.56 Å². The molecule has 3 rings (SSSR count). The zero-order chi connectivity index (χ0) is 18.8. The average molecular weight is 357 g/mol. The summed E-state index contributed by atoms with van der Waals surface area (Å²) in [7, 11) is 2.48. The number of esters is 2. The van der Waals surface area contributed by atoms with Crippen molar-refractivity contribution in [3.8, 4) is 5.75 Å². The molecule has 2 aromatic rings. The van der Waals surface area contributed by atoms with Crippen LogP contribution in [0.4, 0.5) is 5.69 Å². The maximum atomic E-state index is 12.4. The summed E-state index contributed by atoms with van der Waals surface area (Å²) in [6.07, 6.45) is 0. The summed E-state index contributed by atoms with van der Waals surface area (Å²) >= 11 is 0. The van der Waals surface area contributed by atoms with Gasteiger partial charge >= 0.3 is 11.9 Å². The first-order valence-corrected chi connectivity index (χ1v) is 7.96. The van der Waals surface area contributed by atoms with Gasteiger partial charge in [-0.25, -0.2) is 9.59 Å². The minimum Gasteiger partial charge on any atom is -0.507 e. The van der Waals surface area contributed by atoms with Crippen molar-refractivity contribution in [3.05, 3.63) is 47.2 Å². The smallest absolute Gasteiger partial charge is 0.355 e. The number of nitrogens with zero attached hydrogens (tertiary/aromatic N) is 1. The fraction of sp³-hybridized carbons (Fsp3) is 0.263. The Morgan fingerprint density at radius 2 is 1.81 bits per heavy atom. The van der Waals surface area contributed by atoms with E-state index in [1.165, 1.54) is 14.2 Å². The maximum absolute atomic E-state index is 12.4. The minimum absolute atomic E-state index is 0.0528. The molecule has 0 saturated carbocycles.